The van der Waals surface area contributed by atoms with Gasteiger partial charge in [-0.1, -0.05) is 42.5 Å². The average molecular weight is 364 g/mol. The zero-order valence-electron chi connectivity index (χ0n) is 13.5. The molecule has 3 N–H and O–H groups in total. The second kappa shape index (κ2) is 8.65. The minimum Gasteiger partial charge on any atom is -0.362 e. The van der Waals surface area contributed by atoms with Crippen LogP contribution in [0.1, 0.15) is 11.1 Å². The summed E-state index contributed by atoms with van der Waals surface area (Å²) in [5.74, 6) is 0. The van der Waals surface area contributed by atoms with Gasteiger partial charge >= 0.3 is 0 Å². The van der Waals surface area contributed by atoms with Crippen LogP contribution in [0.4, 0.5) is 5.69 Å². The van der Waals surface area contributed by atoms with Gasteiger partial charge in [0.05, 0.1) is 6.26 Å². The Morgan fingerprint density at radius 2 is 1.71 bits per heavy atom. The molecule has 24 heavy (non-hydrogen) atoms. The van der Waals surface area contributed by atoms with E-state index in [4.69, 9.17) is 12.2 Å². The van der Waals surface area contributed by atoms with Gasteiger partial charge in [0.25, 0.3) is 0 Å². The van der Waals surface area contributed by atoms with E-state index >= 15 is 0 Å². The molecule has 2 aromatic rings. The van der Waals surface area contributed by atoms with E-state index in [-0.39, 0.29) is 0 Å². The third-order valence-electron chi connectivity index (χ3n) is 3.23. The summed E-state index contributed by atoms with van der Waals surface area (Å²) in [5.41, 5.74) is 2.74. The van der Waals surface area contributed by atoms with Gasteiger partial charge in [0, 0.05) is 18.8 Å². The molecule has 0 saturated carbocycles. The SMILES string of the molecule is CS(=O)(=O)Nc1cccc(CNC(=S)NCCc2ccccc2)c1. The Morgan fingerprint density at radius 1 is 1.00 bits per heavy atom. The van der Waals surface area contributed by atoms with Gasteiger partial charge in [-0.25, -0.2) is 8.42 Å². The number of nitrogens with one attached hydrogen (secondary N) is 3. The fraction of sp³-hybridized carbons (Fsp3) is 0.235. The predicted molar refractivity (Wildman–Crippen MR) is 102 cm³/mol. The number of rotatable bonds is 7. The highest BCUT2D eigenvalue weighted by Crippen LogP contribution is 2.11. The molecule has 0 heterocycles. The monoisotopic (exact) mass is 363 g/mol. The van der Waals surface area contributed by atoms with Crippen molar-refractivity contribution in [1.29, 1.82) is 0 Å². The lowest BCUT2D eigenvalue weighted by atomic mass is 10.1. The van der Waals surface area contributed by atoms with E-state index in [2.05, 4.69) is 27.5 Å². The molecule has 0 aliphatic rings. The average Bonchev–Trinajstić information content (AvgIpc) is 2.53. The number of hydrogen-bond donors (Lipinski definition) is 3. The van der Waals surface area contributed by atoms with E-state index in [0.717, 1.165) is 24.8 Å². The number of thiocarbonyl (C=S) groups is 1. The maximum absolute atomic E-state index is 11.3. The zero-order valence-corrected chi connectivity index (χ0v) is 15.1. The first-order valence-corrected chi connectivity index (χ1v) is 9.85. The van der Waals surface area contributed by atoms with Crippen LogP contribution in [0.3, 0.4) is 0 Å². The highest BCUT2D eigenvalue weighted by atomic mass is 32.2. The summed E-state index contributed by atoms with van der Waals surface area (Å²) < 4.78 is 25.0. The van der Waals surface area contributed by atoms with Crippen LogP contribution in [0.25, 0.3) is 0 Å². The van der Waals surface area contributed by atoms with Gasteiger partial charge in [0.2, 0.25) is 10.0 Å². The van der Waals surface area contributed by atoms with Crippen molar-refractivity contribution in [2.45, 2.75) is 13.0 Å². The van der Waals surface area contributed by atoms with E-state index in [9.17, 15) is 8.42 Å². The van der Waals surface area contributed by atoms with Crippen molar-refractivity contribution in [2.24, 2.45) is 0 Å². The molecule has 0 fully saturated rings. The Balaban J connectivity index is 1.76. The van der Waals surface area contributed by atoms with Crippen LogP contribution >= 0.6 is 12.2 Å². The summed E-state index contributed by atoms with van der Waals surface area (Å²) in [6.07, 6.45) is 2.03. The fourth-order valence-corrected chi connectivity index (χ4v) is 2.90. The zero-order chi connectivity index (χ0) is 17.4. The molecule has 0 spiro atoms. The van der Waals surface area contributed by atoms with E-state index in [1.807, 2.05) is 24.3 Å². The molecule has 5 nitrogen and oxygen atoms in total. The highest BCUT2D eigenvalue weighted by molar-refractivity contribution is 7.92. The van der Waals surface area contributed by atoms with Gasteiger partial charge in [-0.2, -0.15) is 0 Å². The van der Waals surface area contributed by atoms with Gasteiger partial charge in [-0.3, -0.25) is 4.72 Å². The van der Waals surface area contributed by atoms with Gasteiger partial charge < -0.3 is 10.6 Å². The van der Waals surface area contributed by atoms with Crippen LogP contribution in [-0.2, 0) is 23.0 Å². The van der Waals surface area contributed by atoms with Crippen LogP contribution in [0.5, 0.6) is 0 Å². The highest BCUT2D eigenvalue weighted by Gasteiger charge is 2.03. The Hall–Kier alpha value is -2.12. The first-order chi connectivity index (χ1) is 11.4. The summed E-state index contributed by atoms with van der Waals surface area (Å²) in [6.45, 7) is 1.28. The topological polar surface area (TPSA) is 70.2 Å². The summed E-state index contributed by atoms with van der Waals surface area (Å²) >= 11 is 5.26. The van der Waals surface area contributed by atoms with E-state index in [1.165, 1.54) is 5.56 Å². The number of sulfonamides is 1. The smallest absolute Gasteiger partial charge is 0.229 e. The maximum atomic E-state index is 11.3. The fourth-order valence-electron chi connectivity index (χ4n) is 2.17. The molecule has 0 radical (unpaired) electrons. The van der Waals surface area contributed by atoms with Gasteiger partial charge in [-0.05, 0) is 41.9 Å². The Bertz CT molecular complexity index is 777. The van der Waals surface area contributed by atoms with Crippen molar-refractivity contribution in [2.75, 3.05) is 17.5 Å². The second-order valence-corrected chi connectivity index (χ2v) is 7.58. The molecule has 0 atom stereocenters. The normalized spacial score (nSPS) is 10.9. The number of benzene rings is 2. The van der Waals surface area contributed by atoms with E-state index < -0.39 is 10.0 Å². The molecule has 2 aromatic carbocycles. The summed E-state index contributed by atoms with van der Waals surface area (Å²) in [5, 5.41) is 6.86. The van der Waals surface area contributed by atoms with Crippen molar-refractivity contribution in [3.05, 3.63) is 65.7 Å². The molecular weight excluding hydrogens is 342 g/mol. The van der Waals surface area contributed by atoms with Gasteiger partial charge in [0.1, 0.15) is 0 Å². The molecule has 0 unspecified atom stereocenters. The second-order valence-electron chi connectivity index (χ2n) is 5.42. The van der Waals surface area contributed by atoms with Crippen molar-refractivity contribution in [3.63, 3.8) is 0 Å². The predicted octanol–water partition coefficient (Wildman–Crippen LogP) is 2.26. The van der Waals surface area contributed by atoms with Crippen LogP contribution < -0.4 is 15.4 Å². The van der Waals surface area contributed by atoms with E-state index in [1.54, 1.807) is 18.2 Å². The Labute approximate surface area is 148 Å². The molecular formula is C17H21N3O2S2. The molecule has 128 valence electrons. The van der Waals surface area contributed by atoms with Gasteiger partial charge in [-0.15, -0.1) is 0 Å². The largest absolute Gasteiger partial charge is 0.362 e. The summed E-state index contributed by atoms with van der Waals surface area (Å²) in [6, 6.07) is 17.4. The Kier molecular flexibility index (Phi) is 6.57. The maximum Gasteiger partial charge on any atom is 0.229 e. The molecule has 0 aliphatic carbocycles. The Morgan fingerprint density at radius 3 is 2.42 bits per heavy atom. The minimum atomic E-state index is -3.27. The van der Waals surface area contributed by atoms with Crippen molar-refractivity contribution in [3.8, 4) is 0 Å². The van der Waals surface area contributed by atoms with Crippen LogP contribution in [0.15, 0.2) is 54.6 Å². The van der Waals surface area contributed by atoms with Crippen LogP contribution in [0.2, 0.25) is 0 Å². The molecule has 7 heteroatoms. The molecule has 2 rings (SSSR count). The first kappa shape index (κ1) is 18.2. The molecule has 0 aliphatic heterocycles. The van der Waals surface area contributed by atoms with E-state index in [0.29, 0.717) is 17.3 Å². The third-order valence-corrected chi connectivity index (χ3v) is 4.12. The van der Waals surface area contributed by atoms with Gasteiger partial charge in [0.15, 0.2) is 5.11 Å². The van der Waals surface area contributed by atoms with Crippen LogP contribution in [-0.4, -0.2) is 26.3 Å². The first-order valence-electron chi connectivity index (χ1n) is 7.55. The van der Waals surface area contributed by atoms with Crippen molar-refractivity contribution in [1.82, 2.24) is 10.6 Å². The third kappa shape index (κ3) is 6.97. The minimum absolute atomic E-state index is 0.524. The number of anilines is 1. The summed E-state index contributed by atoms with van der Waals surface area (Å²) in [7, 11) is -3.27. The number of hydrogen-bond acceptors (Lipinski definition) is 3. The quantitative estimate of drug-likeness (QED) is 0.659. The lowest BCUT2D eigenvalue weighted by molar-refractivity contribution is 0.607. The molecule has 0 saturated heterocycles. The summed E-state index contributed by atoms with van der Waals surface area (Å²) in [4.78, 5) is 0. The van der Waals surface area contributed by atoms with Crippen molar-refractivity contribution >= 4 is 33.0 Å². The molecule has 0 aromatic heterocycles. The lowest BCUT2D eigenvalue weighted by Gasteiger charge is -2.11. The standard InChI is InChI=1S/C17H21N3O2S2/c1-24(21,22)20-16-9-5-8-15(12-16)13-19-17(23)18-11-10-14-6-3-2-4-7-14/h2-9,12,20H,10-11,13H2,1H3,(H2,18,19,23). The van der Waals surface area contributed by atoms with Crippen molar-refractivity contribution < 1.29 is 8.42 Å². The molecule has 0 amide bonds. The molecule has 0 bridgehead atoms. The lowest BCUT2D eigenvalue weighted by Crippen LogP contribution is -2.35. The van der Waals surface area contributed by atoms with Crippen LogP contribution in [0, 0.1) is 0 Å².